The number of ether oxygens (including phenoxy) is 3. The Morgan fingerprint density at radius 3 is 2.88 bits per heavy atom. The molecule has 3 aliphatic heterocycles. The number of fused-ring (bicyclic) bond motifs is 2. The summed E-state index contributed by atoms with van der Waals surface area (Å²) in [5.74, 6) is 1.41. The number of nitrogens with zero attached hydrogens (tertiary/aromatic N) is 2. The quantitative estimate of drug-likeness (QED) is 0.253. The first kappa shape index (κ1) is 29.7. The van der Waals surface area contributed by atoms with E-state index in [2.05, 4.69) is 22.9 Å². The molecule has 2 N–H and O–H groups in total. The molecule has 0 radical (unpaired) electrons. The molecule has 9 heteroatoms. The van der Waals surface area contributed by atoms with E-state index in [0.29, 0.717) is 37.2 Å². The molecular formula is C32H43F2N3O4. The fraction of sp³-hybridized carbons (Fsp3) is 0.594. The van der Waals surface area contributed by atoms with Crippen molar-refractivity contribution in [3.8, 4) is 5.75 Å². The number of likely N-dealkylation sites (tertiary alicyclic amines) is 1. The van der Waals surface area contributed by atoms with Gasteiger partial charge in [-0.05, 0) is 81.2 Å². The van der Waals surface area contributed by atoms with E-state index in [1.54, 1.807) is 7.11 Å². The number of unbranched alkanes of at least 4 members (excludes halogenated alkanes) is 1. The third-order valence-corrected chi connectivity index (χ3v) is 8.52. The van der Waals surface area contributed by atoms with Gasteiger partial charge in [-0.3, -0.25) is 4.90 Å². The largest absolute Gasteiger partial charge is 0.511 e. The summed E-state index contributed by atoms with van der Waals surface area (Å²) in [6.45, 7) is 9.80. The van der Waals surface area contributed by atoms with Crippen LogP contribution in [0.5, 0.6) is 5.75 Å². The van der Waals surface area contributed by atoms with E-state index in [9.17, 15) is 13.9 Å². The Labute approximate surface area is 241 Å². The molecule has 5 rings (SSSR count). The van der Waals surface area contributed by atoms with Crippen LogP contribution in [-0.4, -0.2) is 66.2 Å². The highest BCUT2D eigenvalue weighted by molar-refractivity contribution is 5.54. The van der Waals surface area contributed by atoms with Gasteiger partial charge in [0.25, 0.3) is 0 Å². The van der Waals surface area contributed by atoms with E-state index < -0.39 is 23.6 Å². The second kappa shape index (κ2) is 12.6. The number of benzene rings is 1. The fourth-order valence-electron chi connectivity index (χ4n) is 6.35. The highest BCUT2D eigenvalue weighted by atomic mass is 19.1. The number of aryl methyl sites for hydroxylation is 1. The Bertz CT molecular complexity index is 1230. The smallest absolute Gasteiger partial charge is 0.133 e. The topological polar surface area (TPSA) is 76.1 Å². The number of alkyl halides is 1. The Kier molecular flexibility index (Phi) is 9.16. The summed E-state index contributed by atoms with van der Waals surface area (Å²) < 4.78 is 47.0. The molecule has 0 bridgehead atoms. The lowest BCUT2D eigenvalue weighted by molar-refractivity contribution is -0.0604. The van der Waals surface area contributed by atoms with E-state index in [0.717, 1.165) is 67.9 Å². The van der Waals surface area contributed by atoms with Gasteiger partial charge >= 0.3 is 0 Å². The maximum Gasteiger partial charge on any atom is 0.133 e. The van der Waals surface area contributed by atoms with Crippen LogP contribution < -0.4 is 10.1 Å². The van der Waals surface area contributed by atoms with Crippen LogP contribution in [0.3, 0.4) is 0 Å². The van der Waals surface area contributed by atoms with Crippen LogP contribution in [0.1, 0.15) is 73.5 Å². The number of pyridine rings is 1. The van der Waals surface area contributed by atoms with Crippen molar-refractivity contribution >= 4 is 5.82 Å². The number of hydrogen-bond acceptors (Lipinski definition) is 7. The Hall–Kier alpha value is -2.75. The van der Waals surface area contributed by atoms with Crippen molar-refractivity contribution in [3.63, 3.8) is 0 Å². The molecule has 4 heterocycles. The Balaban J connectivity index is 1.17. The van der Waals surface area contributed by atoms with Gasteiger partial charge in [0, 0.05) is 50.0 Å². The number of rotatable bonds is 11. The molecule has 224 valence electrons. The predicted molar refractivity (Wildman–Crippen MR) is 155 cm³/mol. The highest BCUT2D eigenvalue weighted by Gasteiger charge is 2.38. The summed E-state index contributed by atoms with van der Waals surface area (Å²) in [7, 11) is 1.71. The van der Waals surface area contributed by atoms with Crippen molar-refractivity contribution in [2.75, 3.05) is 38.7 Å². The van der Waals surface area contributed by atoms with Gasteiger partial charge in [-0.25, -0.2) is 13.8 Å². The lowest BCUT2D eigenvalue weighted by Crippen LogP contribution is -2.40. The minimum Gasteiger partial charge on any atom is -0.511 e. The molecule has 1 aromatic carbocycles. The van der Waals surface area contributed by atoms with Crippen molar-refractivity contribution in [2.45, 2.75) is 89.3 Å². The average Bonchev–Trinajstić information content (AvgIpc) is 3.39. The molecule has 2 aromatic rings. The number of methoxy groups -OCH3 is 1. The zero-order valence-electron chi connectivity index (χ0n) is 24.5. The lowest BCUT2D eigenvalue weighted by atomic mass is 9.85. The van der Waals surface area contributed by atoms with Gasteiger partial charge in [-0.2, -0.15) is 0 Å². The van der Waals surface area contributed by atoms with Crippen LogP contribution in [0.15, 0.2) is 30.5 Å². The molecule has 1 saturated heterocycles. The monoisotopic (exact) mass is 571 g/mol. The number of halogens is 2. The zero-order valence-corrected chi connectivity index (χ0v) is 24.5. The summed E-state index contributed by atoms with van der Waals surface area (Å²) >= 11 is 0. The molecular weight excluding hydrogens is 528 g/mol. The molecule has 1 aromatic heterocycles. The summed E-state index contributed by atoms with van der Waals surface area (Å²) in [5.41, 5.74) is 2.81. The van der Waals surface area contributed by atoms with Crippen molar-refractivity contribution in [1.82, 2.24) is 9.88 Å². The van der Waals surface area contributed by atoms with Crippen LogP contribution in [0, 0.1) is 5.82 Å². The van der Waals surface area contributed by atoms with Gasteiger partial charge in [0.15, 0.2) is 0 Å². The molecule has 41 heavy (non-hydrogen) atoms. The van der Waals surface area contributed by atoms with Gasteiger partial charge in [-0.1, -0.05) is 6.58 Å². The molecule has 0 amide bonds. The molecule has 0 aliphatic carbocycles. The van der Waals surface area contributed by atoms with Crippen LogP contribution >= 0.6 is 0 Å². The summed E-state index contributed by atoms with van der Waals surface area (Å²) in [5, 5.41) is 14.1. The van der Waals surface area contributed by atoms with Gasteiger partial charge in [0.2, 0.25) is 0 Å². The van der Waals surface area contributed by atoms with Gasteiger partial charge in [0.1, 0.15) is 28.8 Å². The SMILES string of the molecule is C=C(O)[C@@H](c1cc(F)cc2c1CC(C(C)(C)F)OC2)N1CC[C@@H](OCCCCc2cc(OC)c3c(n2)NCCC3)C1. The van der Waals surface area contributed by atoms with Gasteiger partial charge in [0.05, 0.1) is 32.0 Å². The number of aliphatic hydroxyl groups excluding tert-OH is 1. The van der Waals surface area contributed by atoms with E-state index in [1.807, 2.05) is 0 Å². The first-order valence-electron chi connectivity index (χ1n) is 14.8. The minimum absolute atomic E-state index is 0.00764. The molecule has 7 nitrogen and oxygen atoms in total. The molecule has 1 fully saturated rings. The molecule has 3 atom stereocenters. The van der Waals surface area contributed by atoms with Crippen molar-refractivity contribution in [1.29, 1.82) is 0 Å². The number of hydrogen-bond donors (Lipinski definition) is 2. The maximum absolute atomic E-state index is 14.8. The third kappa shape index (κ3) is 6.84. The first-order chi connectivity index (χ1) is 19.6. The first-order valence-corrected chi connectivity index (χ1v) is 14.8. The average molecular weight is 572 g/mol. The van der Waals surface area contributed by atoms with Crippen molar-refractivity contribution in [3.05, 3.63) is 64.3 Å². The fourth-order valence-corrected chi connectivity index (χ4v) is 6.35. The molecule has 0 saturated carbocycles. The highest BCUT2D eigenvalue weighted by Crippen LogP contribution is 2.39. The minimum atomic E-state index is -1.54. The van der Waals surface area contributed by atoms with E-state index in [4.69, 9.17) is 19.2 Å². The van der Waals surface area contributed by atoms with E-state index >= 15 is 0 Å². The van der Waals surface area contributed by atoms with Gasteiger partial charge in [-0.15, -0.1) is 0 Å². The summed E-state index contributed by atoms with van der Waals surface area (Å²) in [4.78, 5) is 6.89. The standard InChI is InChI=1S/C32H43F2N3O4/c1-20(38)30(27-15-22(33)14-21-19-41-29(17-26(21)27)32(2,3)34)37-12-10-24(18-37)40-13-6-5-8-23-16-28(39-4)25-9-7-11-35-31(25)36-23/h14-16,24,29-30,38H,1,5-13,17-19H2,2-4H3,(H,35,36)/t24-,29?,30+/m1/s1. The summed E-state index contributed by atoms with van der Waals surface area (Å²) in [6.07, 6.45) is 5.26. The van der Waals surface area contributed by atoms with E-state index in [-0.39, 0.29) is 18.5 Å². The van der Waals surface area contributed by atoms with Crippen LogP contribution in [0.4, 0.5) is 14.6 Å². The summed E-state index contributed by atoms with van der Waals surface area (Å²) in [6, 6.07) is 4.36. The predicted octanol–water partition coefficient (Wildman–Crippen LogP) is 6.00. The maximum atomic E-state index is 14.8. The number of nitrogens with one attached hydrogen (secondary N) is 1. The molecule has 0 spiro atoms. The second-order valence-corrected chi connectivity index (χ2v) is 12.0. The zero-order chi connectivity index (χ0) is 29.1. The van der Waals surface area contributed by atoms with Crippen molar-refractivity contribution < 1.29 is 28.1 Å². The number of aromatic nitrogens is 1. The number of aliphatic hydroxyl groups is 1. The lowest BCUT2D eigenvalue weighted by Gasteiger charge is -2.36. The van der Waals surface area contributed by atoms with Crippen LogP contribution in [0.25, 0.3) is 0 Å². The molecule has 3 aliphatic rings. The molecule has 1 unspecified atom stereocenters. The van der Waals surface area contributed by atoms with Crippen LogP contribution in [0.2, 0.25) is 0 Å². The van der Waals surface area contributed by atoms with Gasteiger partial charge < -0.3 is 24.6 Å². The van der Waals surface area contributed by atoms with Crippen LogP contribution in [-0.2, 0) is 35.3 Å². The third-order valence-electron chi connectivity index (χ3n) is 8.52. The van der Waals surface area contributed by atoms with Crippen molar-refractivity contribution in [2.24, 2.45) is 0 Å². The Morgan fingerprint density at radius 2 is 2.12 bits per heavy atom. The second-order valence-electron chi connectivity index (χ2n) is 12.0. The Morgan fingerprint density at radius 1 is 1.29 bits per heavy atom. The van der Waals surface area contributed by atoms with E-state index in [1.165, 1.54) is 31.5 Å². The normalized spacial score (nSPS) is 21.6. The number of anilines is 1.